The number of halogens is 1. The standard InChI is InChI=1S/C22H25I/c1-15(17-7-9-18(23)10-8-17)12-16-6-11-19-20(13-16)22(4,5)14-21(19,2)3/h6-13H,14H2,1-5H3. The van der Waals surface area contributed by atoms with Crippen molar-refractivity contribution in [2.45, 2.75) is 51.9 Å². The Bertz CT molecular complexity index is 761. The number of hydrogen-bond donors (Lipinski definition) is 0. The van der Waals surface area contributed by atoms with Crippen molar-refractivity contribution >= 4 is 34.2 Å². The van der Waals surface area contributed by atoms with Crippen LogP contribution in [0.15, 0.2) is 42.5 Å². The van der Waals surface area contributed by atoms with Gasteiger partial charge in [-0.3, -0.25) is 0 Å². The van der Waals surface area contributed by atoms with Crippen LogP contribution in [0.1, 0.15) is 63.3 Å². The number of hydrogen-bond acceptors (Lipinski definition) is 0. The molecule has 0 fully saturated rings. The van der Waals surface area contributed by atoms with Gasteiger partial charge in [0.1, 0.15) is 0 Å². The molecular formula is C22H25I. The summed E-state index contributed by atoms with van der Waals surface area (Å²) in [7, 11) is 0. The van der Waals surface area contributed by atoms with E-state index in [2.05, 4.69) is 106 Å². The number of fused-ring (bicyclic) bond motifs is 1. The average Bonchev–Trinajstić information content (AvgIpc) is 2.64. The summed E-state index contributed by atoms with van der Waals surface area (Å²) in [6.45, 7) is 11.7. The lowest BCUT2D eigenvalue weighted by Gasteiger charge is -2.22. The van der Waals surface area contributed by atoms with E-state index in [1.807, 2.05) is 0 Å². The third-order valence-electron chi connectivity index (χ3n) is 5.07. The van der Waals surface area contributed by atoms with Crippen molar-refractivity contribution in [2.24, 2.45) is 0 Å². The van der Waals surface area contributed by atoms with E-state index in [1.165, 1.54) is 37.8 Å². The molecule has 0 radical (unpaired) electrons. The predicted octanol–water partition coefficient (Wildman–Crippen LogP) is 6.81. The second-order valence-corrected chi connectivity index (χ2v) is 9.33. The summed E-state index contributed by atoms with van der Waals surface area (Å²) in [4.78, 5) is 0. The molecule has 2 aromatic carbocycles. The quantitative estimate of drug-likeness (QED) is 0.373. The molecule has 120 valence electrons. The molecule has 0 bridgehead atoms. The van der Waals surface area contributed by atoms with Gasteiger partial charge < -0.3 is 0 Å². The summed E-state index contributed by atoms with van der Waals surface area (Å²) in [5, 5.41) is 0. The molecule has 0 aromatic heterocycles. The van der Waals surface area contributed by atoms with E-state index in [0.29, 0.717) is 0 Å². The van der Waals surface area contributed by atoms with Crippen molar-refractivity contribution in [3.05, 3.63) is 68.3 Å². The van der Waals surface area contributed by atoms with Crippen LogP contribution in [0.3, 0.4) is 0 Å². The monoisotopic (exact) mass is 416 g/mol. The van der Waals surface area contributed by atoms with Crippen LogP contribution in [0.5, 0.6) is 0 Å². The van der Waals surface area contributed by atoms with Crippen LogP contribution in [0.2, 0.25) is 0 Å². The van der Waals surface area contributed by atoms with Gasteiger partial charge in [0.15, 0.2) is 0 Å². The Labute approximate surface area is 154 Å². The Morgan fingerprint density at radius 1 is 0.913 bits per heavy atom. The SMILES string of the molecule is CC(=Cc1ccc2c(c1)C(C)(C)CC2(C)C)c1ccc(I)cc1. The van der Waals surface area contributed by atoms with E-state index < -0.39 is 0 Å². The van der Waals surface area contributed by atoms with E-state index in [0.717, 1.165) is 0 Å². The predicted molar refractivity (Wildman–Crippen MR) is 110 cm³/mol. The molecule has 0 aliphatic heterocycles. The van der Waals surface area contributed by atoms with Gasteiger partial charge in [0, 0.05) is 3.57 Å². The highest BCUT2D eigenvalue weighted by atomic mass is 127. The maximum absolute atomic E-state index is 2.40. The Morgan fingerprint density at radius 3 is 2.17 bits per heavy atom. The van der Waals surface area contributed by atoms with Crippen molar-refractivity contribution in [3.63, 3.8) is 0 Å². The molecule has 0 amide bonds. The molecule has 0 heterocycles. The van der Waals surface area contributed by atoms with Crippen LogP contribution in [-0.2, 0) is 10.8 Å². The molecule has 1 aliphatic rings. The van der Waals surface area contributed by atoms with Crippen LogP contribution in [-0.4, -0.2) is 0 Å². The van der Waals surface area contributed by atoms with E-state index in [4.69, 9.17) is 0 Å². The molecule has 1 aliphatic carbocycles. The molecule has 3 rings (SSSR count). The Balaban J connectivity index is 2.00. The summed E-state index contributed by atoms with van der Waals surface area (Å²) < 4.78 is 1.28. The third kappa shape index (κ3) is 3.26. The van der Waals surface area contributed by atoms with E-state index >= 15 is 0 Å². The van der Waals surface area contributed by atoms with Gasteiger partial charge in [-0.1, -0.05) is 64.1 Å². The molecule has 0 saturated carbocycles. The fourth-order valence-electron chi connectivity index (χ4n) is 4.14. The van der Waals surface area contributed by atoms with Gasteiger partial charge >= 0.3 is 0 Å². The van der Waals surface area contributed by atoms with Crippen LogP contribution in [0.4, 0.5) is 0 Å². The van der Waals surface area contributed by atoms with Crippen LogP contribution < -0.4 is 0 Å². The molecule has 0 N–H and O–H groups in total. The van der Waals surface area contributed by atoms with Gasteiger partial charge in [0.25, 0.3) is 0 Å². The molecule has 0 nitrogen and oxygen atoms in total. The number of rotatable bonds is 2. The van der Waals surface area contributed by atoms with Gasteiger partial charge in [-0.15, -0.1) is 0 Å². The van der Waals surface area contributed by atoms with E-state index in [9.17, 15) is 0 Å². The molecule has 23 heavy (non-hydrogen) atoms. The zero-order valence-corrected chi connectivity index (χ0v) is 16.9. The third-order valence-corrected chi connectivity index (χ3v) is 5.79. The summed E-state index contributed by atoms with van der Waals surface area (Å²) in [6.07, 6.45) is 3.53. The van der Waals surface area contributed by atoms with Crippen molar-refractivity contribution < 1.29 is 0 Å². The van der Waals surface area contributed by atoms with Crippen molar-refractivity contribution in [3.8, 4) is 0 Å². The summed E-state index contributed by atoms with van der Waals surface area (Å²) >= 11 is 2.35. The first-order valence-electron chi connectivity index (χ1n) is 8.28. The zero-order valence-electron chi connectivity index (χ0n) is 14.7. The van der Waals surface area contributed by atoms with E-state index in [1.54, 1.807) is 0 Å². The first-order valence-corrected chi connectivity index (χ1v) is 9.36. The van der Waals surface area contributed by atoms with Crippen molar-refractivity contribution in [1.82, 2.24) is 0 Å². The molecule has 0 spiro atoms. The van der Waals surface area contributed by atoms with Gasteiger partial charge in [-0.2, -0.15) is 0 Å². The highest BCUT2D eigenvalue weighted by Crippen LogP contribution is 2.49. The normalized spacial score (nSPS) is 18.8. The summed E-state index contributed by atoms with van der Waals surface area (Å²) in [6, 6.07) is 15.8. The zero-order chi connectivity index (χ0) is 16.8. The molecule has 2 aromatic rings. The first kappa shape index (κ1) is 16.8. The van der Waals surface area contributed by atoms with Crippen LogP contribution in [0, 0.1) is 3.57 Å². The molecular weight excluding hydrogens is 391 g/mol. The molecule has 0 atom stereocenters. The largest absolute Gasteiger partial charge is 0.0576 e. The Kier molecular flexibility index (Phi) is 4.20. The van der Waals surface area contributed by atoms with Crippen LogP contribution >= 0.6 is 22.6 Å². The number of allylic oxidation sites excluding steroid dienone is 1. The maximum Gasteiger partial charge on any atom is 0.0130 e. The number of benzene rings is 2. The fourth-order valence-corrected chi connectivity index (χ4v) is 4.50. The second kappa shape index (κ2) is 5.77. The lowest BCUT2D eigenvalue weighted by atomic mass is 9.82. The van der Waals surface area contributed by atoms with Gasteiger partial charge in [0.05, 0.1) is 0 Å². The van der Waals surface area contributed by atoms with Crippen molar-refractivity contribution in [1.29, 1.82) is 0 Å². The van der Waals surface area contributed by atoms with E-state index in [-0.39, 0.29) is 10.8 Å². The first-order chi connectivity index (χ1) is 10.7. The minimum absolute atomic E-state index is 0.263. The molecule has 0 saturated heterocycles. The average molecular weight is 416 g/mol. The lowest BCUT2D eigenvalue weighted by Crippen LogP contribution is -2.17. The summed E-state index contributed by atoms with van der Waals surface area (Å²) in [5.41, 5.74) is 7.51. The highest BCUT2D eigenvalue weighted by Gasteiger charge is 2.41. The van der Waals surface area contributed by atoms with Gasteiger partial charge in [-0.25, -0.2) is 0 Å². The molecule has 1 heteroatoms. The highest BCUT2D eigenvalue weighted by molar-refractivity contribution is 14.1. The van der Waals surface area contributed by atoms with Gasteiger partial charge in [-0.05, 0) is 86.7 Å². The Hall–Kier alpha value is -1.09. The smallest absolute Gasteiger partial charge is 0.0130 e. The minimum Gasteiger partial charge on any atom is -0.0576 e. The maximum atomic E-state index is 2.40. The Morgan fingerprint density at radius 2 is 1.52 bits per heavy atom. The van der Waals surface area contributed by atoms with Gasteiger partial charge in [0.2, 0.25) is 0 Å². The second-order valence-electron chi connectivity index (χ2n) is 8.08. The minimum atomic E-state index is 0.263. The van der Waals surface area contributed by atoms with Crippen LogP contribution in [0.25, 0.3) is 11.6 Å². The van der Waals surface area contributed by atoms with Crippen molar-refractivity contribution in [2.75, 3.05) is 0 Å². The lowest BCUT2D eigenvalue weighted by molar-refractivity contribution is 0.403. The summed E-state index contributed by atoms with van der Waals surface area (Å²) in [5.74, 6) is 0. The molecule has 0 unspecified atom stereocenters. The topological polar surface area (TPSA) is 0 Å². The fraction of sp³-hybridized carbons (Fsp3) is 0.364.